The monoisotopic (exact) mass is 670 g/mol. The Bertz CT molecular complexity index is 1580. The van der Waals surface area contributed by atoms with Crippen LogP contribution in [0.15, 0.2) is 40.9 Å². The van der Waals surface area contributed by atoms with Gasteiger partial charge in [-0.15, -0.1) is 0 Å². The second kappa shape index (κ2) is 13.5. The van der Waals surface area contributed by atoms with E-state index in [0.717, 1.165) is 53.8 Å². The zero-order valence-electron chi connectivity index (χ0n) is 24.0. The largest absolute Gasteiger partial charge is 0.453 e. The summed E-state index contributed by atoms with van der Waals surface area (Å²) in [6.45, 7) is 2.20. The predicted octanol–water partition coefficient (Wildman–Crippen LogP) is 7.63. The Morgan fingerprint density at radius 1 is 1.14 bits per heavy atom. The molecule has 11 heteroatoms. The summed E-state index contributed by atoms with van der Waals surface area (Å²) >= 11 is 9.20. The van der Waals surface area contributed by atoms with Crippen molar-refractivity contribution < 1.29 is 23.5 Å². The number of pyridine rings is 1. The molecule has 0 saturated carbocycles. The van der Waals surface area contributed by atoms with E-state index >= 15 is 0 Å². The fraction of sp³-hybridized carbons (Fsp3) is 0.375. The maximum absolute atomic E-state index is 14.6. The summed E-state index contributed by atoms with van der Waals surface area (Å²) in [4.78, 5) is 43.2. The lowest BCUT2D eigenvalue weighted by Crippen LogP contribution is -2.27. The van der Waals surface area contributed by atoms with Gasteiger partial charge in [0.2, 0.25) is 5.91 Å². The van der Waals surface area contributed by atoms with Crippen molar-refractivity contribution in [3.05, 3.63) is 74.2 Å². The minimum absolute atomic E-state index is 0.0524. The van der Waals surface area contributed by atoms with E-state index in [2.05, 4.69) is 37.9 Å². The maximum Gasteiger partial charge on any atom is 0.411 e. The van der Waals surface area contributed by atoms with Gasteiger partial charge in [-0.2, -0.15) is 0 Å². The van der Waals surface area contributed by atoms with Crippen LogP contribution in [0.1, 0.15) is 72.4 Å². The Hall–Kier alpha value is -3.34. The van der Waals surface area contributed by atoms with Gasteiger partial charge in [0.05, 0.1) is 29.1 Å². The number of benzene rings is 2. The number of aromatic nitrogens is 1. The van der Waals surface area contributed by atoms with Crippen LogP contribution in [-0.2, 0) is 22.4 Å². The Balaban J connectivity index is 1.48. The molecule has 3 N–H and O–H groups in total. The first kappa shape index (κ1) is 31.1. The molecule has 2 aliphatic rings. The van der Waals surface area contributed by atoms with Gasteiger partial charge in [0.1, 0.15) is 0 Å². The number of amides is 2. The van der Waals surface area contributed by atoms with Crippen molar-refractivity contribution in [2.24, 2.45) is 5.92 Å². The van der Waals surface area contributed by atoms with Crippen molar-refractivity contribution in [1.29, 1.82) is 0 Å². The van der Waals surface area contributed by atoms with Crippen molar-refractivity contribution in [2.45, 2.75) is 57.9 Å². The van der Waals surface area contributed by atoms with Gasteiger partial charge in [0, 0.05) is 46.3 Å². The molecule has 0 spiro atoms. The van der Waals surface area contributed by atoms with E-state index in [4.69, 9.17) is 21.3 Å². The number of carbonyl (C=O) groups is 3. The molecule has 1 aliphatic carbocycles. The second-order valence-corrected chi connectivity index (χ2v) is 12.2. The van der Waals surface area contributed by atoms with Gasteiger partial charge in [0.15, 0.2) is 11.6 Å². The summed E-state index contributed by atoms with van der Waals surface area (Å²) in [6.07, 6.45) is 4.28. The number of rotatable bonds is 6. The Kier molecular flexibility index (Phi) is 9.78. The highest BCUT2D eigenvalue weighted by Gasteiger charge is 2.26. The fourth-order valence-corrected chi connectivity index (χ4v) is 6.43. The molecule has 2 heterocycles. The molecule has 0 unspecified atom stereocenters. The number of ketones is 1. The molecular weight excluding hydrogens is 639 g/mol. The highest BCUT2D eigenvalue weighted by Crippen LogP contribution is 2.39. The first-order valence-electron chi connectivity index (χ1n) is 14.4. The van der Waals surface area contributed by atoms with Gasteiger partial charge in [0.25, 0.3) is 0 Å². The van der Waals surface area contributed by atoms with Gasteiger partial charge in [-0.05, 0) is 89.5 Å². The molecule has 8 nitrogen and oxygen atoms in total. The number of methoxy groups -OCH3 is 1. The summed E-state index contributed by atoms with van der Waals surface area (Å²) < 4.78 is 19.8. The maximum atomic E-state index is 14.6. The molecule has 1 aromatic heterocycles. The van der Waals surface area contributed by atoms with Crippen LogP contribution in [0, 0.1) is 11.7 Å². The third kappa shape index (κ3) is 6.92. The molecule has 2 atom stereocenters. The van der Waals surface area contributed by atoms with Crippen LogP contribution in [-0.4, -0.2) is 36.4 Å². The van der Waals surface area contributed by atoms with Gasteiger partial charge in [-0.25, -0.2) is 9.18 Å². The molecule has 43 heavy (non-hydrogen) atoms. The molecule has 2 aromatic carbocycles. The van der Waals surface area contributed by atoms with Crippen molar-refractivity contribution in [3.63, 3.8) is 0 Å². The van der Waals surface area contributed by atoms with Crippen molar-refractivity contribution >= 4 is 56.7 Å². The highest BCUT2D eigenvalue weighted by molar-refractivity contribution is 9.10. The SMILES string of the molecule is COC(=O)Nc1ccc2c(c1)NC(=O)[C@H](C)CCC[C@H](NCCC(=O)c1c(Br)ccc(Cl)c1F)c1cc-2c2c(n1)CCC2. The van der Waals surface area contributed by atoms with Crippen molar-refractivity contribution in [1.82, 2.24) is 10.3 Å². The quantitative estimate of drug-likeness (QED) is 0.184. The lowest BCUT2D eigenvalue weighted by atomic mass is 9.92. The van der Waals surface area contributed by atoms with E-state index in [1.165, 1.54) is 13.2 Å². The molecule has 0 radical (unpaired) electrons. The van der Waals surface area contributed by atoms with E-state index in [9.17, 15) is 18.8 Å². The smallest absolute Gasteiger partial charge is 0.411 e. The fourth-order valence-electron chi connectivity index (χ4n) is 5.75. The van der Waals surface area contributed by atoms with Crippen LogP contribution in [0.25, 0.3) is 11.1 Å². The molecule has 0 fully saturated rings. The van der Waals surface area contributed by atoms with E-state index in [0.29, 0.717) is 35.2 Å². The molecule has 1 aliphatic heterocycles. The summed E-state index contributed by atoms with van der Waals surface area (Å²) in [5.41, 5.74) is 5.91. The third-order valence-corrected chi connectivity index (χ3v) is 9.02. The molecule has 0 saturated heterocycles. The lowest BCUT2D eigenvalue weighted by Gasteiger charge is -2.24. The number of nitrogens with zero attached hydrogens (tertiary/aromatic N) is 1. The van der Waals surface area contributed by atoms with Crippen molar-refractivity contribution in [2.75, 3.05) is 24.3 Å². The third-order valence-electron chi connectivity index (χ3n) is 8.07. The van der Waals surface area contributed by atoms with Crippen LogP contribution in [0.2, 0.25) is 5.02 Å². The second-order valence-electron chi connectivity index (χ2n) is 11.0. The zero-order chi connectivity index (χ0) is 30.7. The van der Waals surface area contributed by atoms with Crippen LogP contribution in [0.5, 0.6) is 0 Å². The molecular formula is C32H33BrClFN4O4. The Morgan fingerprint density at radius 2 is 1.95 bits per heavy atom. The van der Waals surface area contributed by atoms with Crippen LogP contribution < -0.4 is 16.0 Å². The number of anilines is 2. The minimum atomic E-state index is -0.729. The van der Waals surface area contributed by atoms with E-state index < -0.39 is 11.9 Å². The Morgan fingerprint density at radius 3 is 2.74 bits per heavy atom. The molecule has 5 rings (SSSR count). The summed E-state index contributed by atoms with van der Waals surface area (Å²) in [5.74, 6) is -1.45. The normalized spacial score (nSPS) is 18.0. The molecule has 226 valence electrons. The predicted molar refractivity (Wildman–Crippen MR) is 168 cm³/mol. The molecule has 2 amide bonds. The molecule has 2 bridgehead atoms. The van der Waals surface area contributed by atoms with Crippen LogP contribution >= 0.6 is 27.5 Å². The number of Topliss-reactive ketones (excluding diaryl/α,β-unsaturated/α-hetero) is 1. The van der Waals surface area contributed by atoms with E-state index in [1.54, 1.807) is 18.2 Å². The van der Waals surface area contributed by atoms with Crippen LogP contribution in [0.4, 0.5) is 20.6 Å². The molecule has 3 aromatic rings. The number of hydrogen-bond donors (Lipinski definition) is 3. The average Bonchev–Trinajstić information content (AvgIpc) is 3.46. The Labute approximate surface area is 263 Å². The minimum Gasteiger partial charge on any atom is -0.453 e. The van der Waals surface area contributed by atoms with Gasteiger partial charge >= 0.3 is 6.09 Å². The summed E-state index contributed by atoms with van der Waals surface area (Å²) in [7, 11) is 1.29. The number of carbonyl (C=O) groups excluding carboxylic acids is 3. The standard InChI is InChI=1S/C32H33BrClFN4O4/c1-17-5-3-8-25(36-14-13-28(40)29-22(33)11-12-23(34)30(29)35)27-16-21(19-6-4-7-24(19)38-27)20-10-9-18(37-32(42)43-2)15-26(20)39-31(17)41/h9-12,15-17,25,36H,3-8,13-14H2,1-2H3,(H,37,42)(H,39,41)/t17-,25+/m1/s1. The number of fused-ring (bicyclic) bond motifs is 6. The van der Waals surface area contributed by atoms with Gasteiger partial charge < -0.3 is 15.4 Å². The number of nitrogens with one attached hydrogen (secondary N) is 3. The zero-order valence-corrected chi connectivity index (χ0v) is 26.3. The van der Waals surface area contributed by atoms with Gasteiger partial charge in [-0.3, -0.25) is 19.9 Å². The first-order chi connectivity index (χ1) is 20.7. The van der Waals surface area contributed by atoms with Crippen LogP contribution in [0.3, 0.4) is 0 Å². The average molecular weight is 672 g/mol. The number of halogens is 3. The van der Waals surface area contributed by atoms with Gasteiger partial charge in [-0.1, -0.05) is 31.0 Å². The van der Waals surface area contributed by atoms with E-state index in [-0.39, 0.29) is 40.7 Å². The lowest BCUT2D eigenvalue weighted by molar-refractivity contribution is -0.119. The summed E-state index contributed by atoms with van der Waals surface area (Å²) in [6, 6.07) is 10.3. The topological polar surface area (TPSA) is 109 Å². The van der Waals surface area contributed by atoms with Crippen molar-refractivity contribution in [3.8, 4) is 11.1 Å². The number of ether oxygens (including phenoxy) is 1. The number of hydrogen-bond acceptors (Lipinski definition) is 6. The highest BCUT2D eigenvalue weighted by atomic mass is 79.9. The summed E-state index contributed by atoms with van der Waals surface area (Å²) in [5, 5.41) is 9.18. The first-order valence-corrected chi connectivity index (χ1v) is 15.6. The number of aryl methyl sites for hydroxylation is 1. The van der Waals surface area contributed by atoms with E-state index in [1.807, 2.05) is 13.0 Å².